The third-order valence-electron chi connectivity index (χ3n) is 0.728. The van der Waals surface area contributed by atoms with Gasteiger partial charge in [-0.2, -0.15) is 0 Å². The van der Waals surface area contributed by atoms with Gasteiger partial charge in [-0.15, -0.1) is 0 Å². The smallest absolute Gasteiger partial charge is 0.111 e. The zero-order valence-corrected chi connectivity index (χ0v) is 4.16. The summed E-state index contributed by atoms with van der Waals surface area (Å²) in [5.74, 6) is 0. The topological polar surface area (TPSA) is 60.4 Å². The minimum atomic E-state index is -1.10. The van der Waals surface area contributed by atoms with Crippen LogP contribution in [0.4, 0.5) is 0 Å². The molecule has 0 fully saturated rings. The molecular weight excluding hydrogens is 96.0 g/mol. The summed E-state index contributed by atoms with van der Waals surface area (Å²) in [5.41, 5.74) is 0. The Kier molecular flexibility index (Phi) is 2.91. The summed E-state index contributed by atoms with van der Waals surface area (Å²) in [6.45, 7) is 0.750. The van der Waals surface area contributed by atoms with Crippen molar-refractivity contribution in [1.82, 2.24) is 0 Å². The van der Waals surface area contributed by atoms with E-state index in [2.05, 4.69) is 0 Å². The first-order valence-corrected chi connectivity index (χ1v) is 2.12. The van der Waals surface area contributed by atoms with Crippen LogP contribution in [-0.4, -0.2) is 29.0 Å². The Balaban J connectivity index is 3.14. The maximum Gasteiger partial charge on any atom is 0.111 e. The van der Waals surface area contributed by atoms with E-state index in [0.29, 0.717) is 0 Å². The molecule has 0 aliphatic heterocycles. The normalized spacial score (nSPS) is 18.9. The van der Waals surface area contributed by atoms with Crippen molar-refractivity contribution in [3.05, 3.63) is 0 Å². The molecule has 0 aromatic carbocycles. The van der Waals surface area contributed by atoms with Crippen LogP contribution in [0.5, 0.6) is 0 Å². The second kappa shape index (κ2) is 2.96. The highest BCUT2D eigenvalue weighted by molar-refractivity contribution is 4.57. The summed E-state index contributed by atoms with van der Waals surface area (Å²) in [6.07, 6.45) is -1.99. The number of aliphatic hydroxyl groups excluding tert-OH is 2. The van der Waals surface area contributed by atoms with Crippen molar-refractivity contribution in [3.63, 3.8) is 0 Å². The summed E-state index contributed by atoms with van der Waals surface area (Å²) in [6, 6.07) is 0. The van der Waals surface area contributed by atoms with Crippen molar-refractivity contribution in [2.75, 3.05) is 6.61 Å². The zero-order valence-electron chi connectivity index (χ0n) is 4.16. The quantitative estimate of drug-likeness (QED) is 0.481. The number of hydrogen-bond donors (Lipinski definition) is 2. The van der Waals surface area contributed by atoms with Crippen molar-refractivity contribution >= 4 is 0 Å². The average molecular weight is 105 g/mol. The Bertz CT molecular complexity index is 44.2. The molecule has 0 saturated heterocycles. The predicted octanol–water partition coefficient (Wildman–Crippen LogP) is -0.841. The van der Waals surface area contributed by atoms with E-state index < -0.39 is 18.8 Å². The van der Waals surface area contributed by atoms with Gasteiger partial charge < -0.3 is 10.2 Å². The van der Waals surface area contributed by atoms with Gasteiger partial charge in [0.2, 0.25) is 0 Å². The Morgan fingerprint density at radius 3 is 2.00 bits per heavy atom. The highest BCUT2D eigenvalue weighted by Gasteiger charge is 2.07. The van der Waals surface area contributed by atoms with Crippen LogP contribution in [0.15, 0.2) is 0 Å². The molecule has 0 aromatic heterocycles. The third kappa shape index (κ3) is 2.56. The van der Waals surface area contributed by atoms with Gasteiger partial charge >= 0.3 is 0 Å². The van der Waals surface area contributed by atoms with Crippen LogP contribution < -0.4 is 0 Å². The van der Waals surface area contributed by atoms with Gasteiger partial charge in [0.05, 0.1) is 6.10 Å². The molecular formula is C4H9O3. The van der Waals surface area contributed by atoms with Gasteiger partial charge in [-0.05, 0) is 6.92 Å². The van der Waals surface area contributed by atoms with Gasteiger partial charge in [0.15, 0.2) is 0 Å². The molecule has 0 unspecified atom stereocenters. The summed E-state index contributed by atoms with van der Waals surface area (Å²) in [4.78, 5) is 0. The number of rotatable bonds is 2. The van der Waals surface area contributed by atoms with E-state index in [1.54, 1.807) is 0 Å². The fourth-order valence-electron chi connectivity index (χ4n) is 0.139. The SMILES string of the molecule is C[C@@H](O)[C@@H](O)C[O]. The number of aliphatic hydroxyl groups is 2. The first kappa shape index (κ1) is 6.88. The zero-order chi connectivity index (χ0) is 5.86. The molecule has 1 radical (unpaired) electrons. The lowest BCUT2D eigenvalue weighted by molar-refractivity contribution is -0.0237. The van der Waals surface area contributed by atoms with Gasteiger partial charge in [-0.1, -0.05) is 0 Å². The summed E-state index contributed by atoms with van der Waals surface area (Å²) >= 11 is 0. The van der Waals surface area contributed by atoms with E-state index in [0.717, 1.165) is 0 Å². The highest BCUT2D eigenvalue weighted by atomic mass is 16.4. The Labute approximate surface area is 42.2 Å². The third-order valence-corrected chi connectivity index (χ3v) is 0.728. The molecule has 2 atom stereocenters. The lowest BCUT2D eigenvalue weighted by Gasteiger charge is -2.06. The Morgan fingerprint density at radius 1 is 1.57 bits per heavy atom. The molecule has 0 heterocycles. The Morgan fingerprint density at radius 2 is 2.00 bits per heavy atom. The first-order valence-electron chi connectivity index (χ1n) is 2.12. The molecule has 0 aliphatic rings. The summed E-state index contributed by atoms with van der Waals surface area (Å²) in [7, 11) is 0. The van der Waals surface area contributed by atoms with Crippen molar-refractivity contribution < 1.29 is 15.3 Å². The van der Waals surface area contributed by atoms with Crippen molar-refractivity contribution in [3.8, 4) is 0 Å². The van der Waals surface area contributed by atoms with Gasteiger partial charge in [0.1, 0.15) is 12.7 Å². The maximum absolute atomic E-state index is 9.66. The van der Waals surface area contributed by atoms with Gasteiger partial charge in [0.25, 0.3) is 0 Å². The first-order chi connectivity index (χ1) is 3.18. The lowest BCUT2D eigenvalue weighted by Crippen LogP contribution is -2.25. The van der Waals surface area contributed by atoms with Crippen LogP contribution in [0.2, 0.25) is 0 Å². The van der Waals surface area contributed by atoms with Crippen LogP contribution in [-0.2, 0) is 5.11 Å². The van der Waals surface area contributed by atoms with Crippen molar-refractivity contribution in [1.29, 1.82) is 0 Å². The van der Waals surface area contributed by atoms with Crippen molar-refractivity contribution in [2.24, 2.45) is 0 Å². The molecule has 43 valence electrons. The van der Waals surface area contributed by atoms with E-state index in [1.165, 1.54) is 6.92 Å². The standard InChI is InChI=1S/C4H9O3/c1-3(6)4(7)2-5/h3-4,6-7H,2H2,1H3/t3-,4+/m1/s1. The van der Waals surface area contributed by atoms with Gasteiger partial charge in [-0.3, -0.25) is 0 Å². The molecule has 0 rings (SSSR count). The predicted molar refractivity (Wildman–Crippen MR) is 23.2 cm³/mol. The van der Waals surface area contributed by atoms with Crippen molar-refractivity contribution in [2.45, 2.75) is 19.1 Å². The molecule has 3 nitrogen and oxygen atoms in total. The fourth-order valence-corrected chi connectivity index (χ4v) is 0.139. The molecule has 7 heavy (non-hydrogen) atoms. The van der Waals surface area contributed by atoms with E-state index in [1.807, 2.05) is 0 Å². The van der Waals surface area contributed by atoms with E-state index >= 15 is 0 Å². The largest absolute Gasteiger partial charge is 0.391 e. The van der Waals surface area contributed by atoms with E-state index in [9.17, 15) is 5.11 Å². The van der Waals surface area contributed by atoms with Crippen LogP contribution in [0.3, 0.4) is 0 Å². The van der Waals surface area contributed by atoms with Gasteiger partial charge in [0, 0.05) is 0 Å². The molecule has 0 bridgehead atoms. The highest BCUT2D eigenvalue weighted by Crippen LogP contribution is 1.87. The summed E-state index contributed by atoms with van der Waals surface area (Å²) in [5, 5.41) is 26.4. The second-order valence-corrected chi connectivity index (χ2v) is 1.47. The van der Waals surface area contributed by atoms with E-state index in [-0.39, 0.29) is 0 Å². The molecule has 3 heteroatoms. The maximum atomic E-state index is 9.66. The molecule has 0 aromatic rings. The molecule has 0 aliphatic carbocycles. The van der Waals surface area contributed by atoms with Crippen LogP contribution in [0, 0.1) is 0 Å². The van der Waals surface area contributed by atoms with E-state index in [4.69, 9.17) is 10.2 Å². The minimum absolute atomic E-state index is 0.627. The average Bonchev–Trinajstić information content (AvgIpc) is 1.65. The monoisotopic (exact) mass is 105 g/mol. The Hall–Kier alpha value is -0.120. The molecule has 2 N–H and O–H groups in total. The molecule has 0 saturated carbocycles. The number of hydrogen-bond acceptors (Lipinski definition) is 2. The minimum Gasteiger partial charge on any atom is -0.391 e. The fraction of sp³-hybridized carbons (Fsp3) is 1.00. The molecule has 0 spiro atoms. The lowest BCUT2D eigenvalue weighted by atomic mass is 10.2. The van der Waals surface area contributed by atoms with Crippen LogP contribution >= 0.6 is 0 Å². The van der Waals surface area contributed by atoms with Crippen LogP contribution in [0.25, 0.3) is 0 Å². The van der Waals surface area contributed by atoms with Gasteiger partial charge in [-0.25, -0.2) is 5.11 Å². The second-order valence-electron chi connectivity index (χ2n) is 1.47. The summed E-state index contributed by atoms with van der Waals surface area (Å²) < 4.78 is 0. The van der Waals surface area contributed by atoms with Crippen LogP contribution in [0.1, 0.15) is 6.92 Å². The molecule has 0 amide bonds.